The molecular formula is C15H28BrN. The summed E-state index contributed by atoms with van der Waals surface area (Å²) in [5.41, 5.74) is 0.598. The molecule has 17 heavy (non-hydrogen) atoms. The van der Waals surface area contributed by atoms with Gasteiger partial charge in [0.2, 0.25) is 0 Å². The predicted octanol–water partition coefficient (Wildman–Crippen LogP) is 4.60. The lowest BCUT2D eigenvalue weighted by Crippen LogP contribution is -2.40. The quantitative estimate of drug-likeness (QED) is 0.542. The van der Waals surface area contributed by atoms with E-state index in [4.69, 9.17) is 0 Å². The van der Waals surface area contributed by atoms with Gasteiger partial charge in [0.1, 0.15) is 0 Å². The lowest BCUT2D eigenvalue weighted by Gasteiger charge is -2.36. The van der Waals surface area contributed by atoms with Gasteiger partial charge >= 0.3 is 0 Å². The van der Waals surface area contributed by atoms with Crippen LogP contribution in [0.2, 0.25) is 0 Å². The summed E-state index contributed by atoms with van der Waals surface area (Å²) in [6, 6.07) is 0.869. The minimum absolute atomic E-state index is 0.598. The van der Waals surface area contributed by atoms with Crippen LogP contribution in [0.3, 0.4) is 0 Å². The van der Waals surface area contributed by atoms with Gasteiger partial charge in [0.15, 0.2) is 0 Å². The third-order valence-corrected chi connectivity index (χ3v) is 6.17. The predicted molar refractivity (Wildman–Crippen MR) is 78.8 cm³/mol. The van der Waals surface area contributed by atoms with E-state index in [2.05, 4.69) is 27.9 Å². The Kier molecular flexibility index (Phi) is 5.35. The summed E-state index contributed by atoms with van der Waals surface area (Å²) in [6.45, 7) is 1.32. The molecule has 2 saturated carbocycles. The van der Waals surface area contributed by atoms with Crippen LogP contribution in [-0.4, -0.2) is 29.9 Å². The van der Waals surface area contributed by atoms with Crippen molar-refractivity contribution >= 4 is 15.9 Å². The van der Waals surface area contributed by atoms with Gasteiger partial charge in [-0.2, -0.15) is 0 Å². The molecule has 0 unspecified atom stereocenters. The summed E-state index contributed by atoms with van der Waals surface area (Å²) in [4.78, 5) is 2.69. The van der Waals surface area contributed by atoms with Crippen LogP contribution in [0.15, 0.2) is 0 Å². The third kappa shape index (κ3) is 3.70. The van der Waals surface area contributed by atoms with Gasteiger partial charge in [0, 0.05) is 17.9 Å². The monoisotopic (exact) mass is 301 g/mol. The molecule has 1 nitrogen and oxygen atoms in total. The van der Waals surface area contributed by atoms with Crippen LogP contribution in [0.1, 0.15) is 64.2 Å². The van der Waals surface area contributed by atoms with Gasteiger partial charge in [0.05, 0.1) is 0 Å². The molecule has 0 atom stereocenters. The standard InChI is InChI=1S/C15H28BrN/c1-17(14-8-4-2-3-5-9-14)13-15(12-16)10-6-7-11-15/h14H,2-13H2,1H3. The van der Waals surface area contributed by atoms with Crippen LogP contribution in [-0.2, 0) is 0 Å². The number of hydrogen-bond donors (Lipinski definition) is 0. The van der Waals surface area contributed by atoms with Crippen molar-refractivity contribution in [1.82, 2.24) is 4.90 Å². The van der Waals surface area contributed by atoms with Crippen LogP contribution in [0, 0.1) is 5.41 Å². The number of alkyl halides is 1. The van der Waals surface area contributed by atoms with Crippen LogP contribution in [0.5, 0.6) is 0 Å². The Morgan fingerprint density at radius 3 is 2.12 bits per heavy atom. The zero-order valence-electron chi connectivity index (χ0n) is 11.4. The fourth-order valence-electron chi connectivity index (χ4n) is 3.82. The van der Waals surface area contributed by atoms with Gasteiger partial charge in [-0.25, -0.2) is 0 Å². The molecule has 0 radical (unpaired) electrons. The molecule has 2 fully saturated rings. The molecule has 0 aromatic carbocycles. The maximum Gasteiger partial charge on any atom is 0.0100 e. The lowest BCUT2D eigenvalue weighted by atomic mass is 9.87. The number of nitrogens with zero attached hydrogens (tertiary/aromatic N) is 1. The van der Waals surface area contributed by atoms with Gasteiger partial charge in [-0.15, -0.1) is 0 Å². The van der Waals surface area contributed by atoms with Crippen molar-refractivity contribution in [3.05, 3.63) is 0 Å². The van der Waals surface area contributed by atoms with Crippen LogP contribution in [0.4, 0.5) is 0 Å². The molecule has 0 aliphatic heterocycles. The zero-order valence-corrected chi connectivity index (χ0v) is 13.0. The van der Waals surface area contributed by atoms with Crippen molar-refractivity contribution in [3.8, 4) is 0 Å². The minimum Gasteiger partial charge on any atom is -0.303 e. The maximum atomic E-state index is 3.77. The average Bonchev–Trinajstić information content (AvgIpc) is 2.64. The van der Waals surface area contributed by atoms with Gasteiger partial charge in [0.25, 0.3) is 0 Å². The van der Waals surface area contributed by atoms with Crippen LogP contribution < -0.4 is 0 Å². The molecule has 0 aromatic heterocycles. The van der Waals surface area contributed by atoms with E-state index >= 15 is 0 Å². The Balaban J connectivity index is 1.87. The first-order valence-corrected chi connectivity index (χ1v) is 8.64. The van der Waals surface area contributed by atoms with Crippen LogP contribution >= 0.6 is 15.9 Å². The molecular weight excluding hydrogens is 274 g/mol. The highest BCUT2D eigenvalue weighted by Gasteiger charge is 2.35. The Morgan fingerprint density at radius 2 is 1.59 bits per heavy atom. The first-order chi connectivity index (χ1) is 8.26. The molecule has 2 heteroatoms. The summed E-state index contributed by atoms with van der Waals surface area (Å²) in [6.07, 6.45) is 14.5. The molecule has 0 heterocycles. The van der Waals surface area contributed by atoms with Crippen molar-refractivity contribution < 1.29 is 0 Å². The molecule has 0 N–H and O–H groups in total. The fourth-order valence-corrected chi connectivity index (χ4v) is 4.55. The second kappa shape index (κ2) is 6.56. The number of hydrogen-bond acceptors (Lipinski definition) is 1. The first kappa shape index (κ1) is 13.9. The number of rotatable bonds is 4. The summed E-state index contributed by atoms with van der Waals surface area (Å²) in [5, 5.41) is 1.21. The SMILES string of the molecule is CN(CC1(CBr)CCCC1)C1CCCCCC1. The van der Waals surface area contributed by atoms with Crippen molar-refractivity contribution in [2.75, 3.05) is 18.9 Å². The van der Waals surface area contributed by atoms with Gasteiger partial charge < -0.3 is 4.90 Å². The molecule has 0 amide bonds. The van der Waals surface area contributed by atoms with Crippen molar-refractivity contribution in [1.29, 1.82) is 0 Å². The smallest absolute Gasteiger partial charge is 0.0100 e. The summed E-state index contributed by atoms with van der Waals surface area (Å²) in [5.74, 6) is 0. The van der Waals surface area contributed by atoms with Crippen molar-refractivity contribution in [3.63, 3.8) is 0 Å². The average molecular weight is 302 g/mol. The van der Waals surface area contributed by atoms with E-state index in [0.717, 1.165) is 6.04 Å². The highest BCUT2D eigenvalue weighted by molar-refractivity contribution is 9.09. The van der Waals surface area contributed by atoms with Crippen LogP contribution in [0.25, 0.3) is 0 Å². The first-order valence-electron chi connectivity index (χ1n) is 7.52. The highest BCUT2D eigenvalue weighted by Crippen LogP contribution is 2.40. The molecule has 2 aliphatic carbocycles. The van der Waals surface area contributed by atoms with E-state index in [9.17, 15) is 0 Å². The van der Waals surface area contributed by atoms with E-state index in [1.54, 1.807) is 0 Å². The molecule has 0 aromatic rings. The largest absolute Gasteiger partial charge is 0.303 e. The molecule has 2 aliphatic rings. The topological polar surface area (TPSA) is 3.24 Å². The second-order valence-corrected chi connectivity index (χ2v) is 6.96. The van der Waals surface area contributed by atoms with Crippen molar-refractivity contribution in [2.24, 2.45) is 5.41 Å². The zero-order chi connectivity index (χ0) is 12.1. The third-order valence-electron chi connectivity index (χ3n) is 4.98. The Morgan fingerprint density at radius 1 is 1.00 bits per heavy atom. The molecule has 2 rings (SSSR count). The fraction of sp³-hybridized carbons (Fsp3) is 1.00. The van der Waals surface area contributed by atoms with E-state index < -0.39 is 0 Å². The van der Waals surface area contributed by atoms with E-state index in [-0.39, 0.29) is 0 Å². The second-order valence-electron chi connectivity index (χ2n) is 6.40. The van der Waals surface area contributed by atoms with E-state index in [0.29, 0.717) is 5.41 Å². The Bertz CT molecular complexity index is 215. The molecule has 0 bridgehead atoms. The van der Waals surface area contributed by atoms with E-state index in [1.807, 2.05) is 0 Å². The summed E-state index contributed by atoms with van der Waals surface area (Å²) in [7, 11) is 2.37. The summed E-state index contributed by atoms with van der Waals surface area (Å²) >= 11 is 3.77. The Hall–Kier alpha value is 0.440. The highest BCUT2D eigenvalue weighted by atomic mass is 79.9. The minimum atomic E-state index is 0.598. The molecule has 100 valence electrons. The maximum absolute atomic E-state index is 3.77. The molecule has 0 saturated heterocycles. The van der Waals surface area contributed by atoms with E-state index in [1.165, 1.54) is 76.1 Å². The molecule has 0 spiro atoms. The van der Waals surface area contributed by atoms with Gasteiger partial charge in [-0.05, 0) is 38.1 Å². The van der Waals surface area contributed by atoms with Crippen molar-refractivity contribution in [2.45, 2.75) is 70.3 Å². The summed E-state index contributed by atoms with van der Waals surface area (Å²) < 4.78 is 0. The van der Waals surface area contributed by atoms with Gasteiger partial charge in [-0.1, -0.05) is 54.5 Å². The number of halogens is 1. The lowest BCUT2D eigenvalue weighted by molar-refractivity contribution is 0.144. The van der Waals surface area contributed by atoms with Gasteiger partial charge in [-0.3, -0.25) is 0 Å². The Labute approximate surface area is 115 Å². The normalized spacial score (nSPS) is 26.3.